The third-order valence-electron chi connectivity index (χ3n) is 6.85. The van der Waals surface area contributed by atoms with Gasteiger partial charge in [0.05, 0.1) is 19.3 Å². The molecule has 2 nitrogen and oxygen atoms in total. The van der Waals surface area contributed by atoms with E-state index in [4.69, 9.17) is 9.47 Å². The highest BCUT2D eigenvalue weighted by atomic mass is 16.5. The summed E-state index contributed by atoms with van der Waals surface area (Å²) in [6.45, 7) is 6.84. The quantitative estimate of drug-likeness (QED) is 0.181. The molecule has 3 unspecified atom stereocenters. The van der Waals surface area contributed by atoms with Crippen LogP contribution in [0.15, 0.2) is 30.3 Å². The fourth-order valence-electron chi connectivity index (χ4n) is 4.71. The third-order valence-corrected chi connectivity index (χ3v) is 6.85. The van der Waals surface area contributed by atoms with Crippen LogP contribution in [-0.2, 0) is 16.1 Å². The van der Waals surface area contributed by atoms with E-state index in [0.717, 1.165) is 37.9 Å². The van der Waals surface area contributed by atoms with E-state index in [2.05, 4.69) is 44.2 Å². The Morgan fingerprint density at radius 1 is 0.774 bits per heavy atom. The summed E-state index contributed by atoms with van der Waals surface area (Å²) in [6.07, 6.45) is 20.9. The molecule has 2 rings (SSSR count). The standard InChI is InChI=1S/C29H50O2/c1-3-5-6-7-8-14-20-27-23-28(27)21-15-9-10-16-22-30-25-29(17-4-2)31-24-26-18-12-11-13-19-26/h11-13,18-19,27-29H,3-10,14-17,20-25H2,1-2H3. The lowest BCUT2D eigenvalue weighted by Crippen LogP contribution is -2.20. The van der Waals surface area contributed by atoms with Crippen LogP contribution in [0.4, 0.5) is 0 Å². The summed E-state index contributed by atoms with van der Waals surface area (Å²) >= 11 is 0. The van der Waals surface area contributed by atoms with Crippen molar-refractivity contribution in [1.29, 1.82) is 0 Å². The molecule has 0 bridgehead atoms. The fraction of sp³-hybridized carbons (Fsp3) is 0.793. The molecule has 0 N–H and O–H groups in total. The number of benzene rings is 1. The van der Waals surface area contributed by atoms with Gasteiger partial charge in [-0.25, -0.2) is 0 Å². The summed E-state index contributed by atoms with van der Waals surface area (Å²) in [7, 11) is 0. The first-order valence-electron chi connectivity index (χ1n) is 13.6. The first kappa shape index (κ1) is 26.4. The number of rotatable bonds is 21. The van der Waals surface area contributed by atoms with Gasteiger partial charge in [-0.2, -0.15) is 0 Å². The van der Waals surface area contributed by atoms with E-state index in [0.29, 0.717) is 6.61 Å². The summed E-state index contributed by atoms with van der Waals surface area (Å²) in [5.41, 5.74) is 1.24. The van der Waals surface area contributed by atoms with Crippen LogP contribution in [0.3, 0.4) is 0 Å². The molecule has 1 aliphatic rings. The van der Waals surface area contributed by atoms with Gasteiger partial charge in [0.1, 0.15) is 0 Å². The Morgan fingerprint density at radius 3 is 2.10 bits per heavy atom. The van der Waals surface area contributed by atoms with E-state index in [9.17, 15) is 0 Å². The number of ether oxygens (including phenoxy) is 2. The molecule has 1 saturated carbocycles. The SMILES string of the molecule is CCCCCCCCC1CC1CCCCCCOCC(CCC)OCc1ccccc1. The molecule has 0 saturated heterocycles. The molecule has 31 heavy (non-hydrogen) atoms. The second-order valence-corrected chi connectivity index (χ2v) is 9.80. The molecule has 0 aliphatic heterocycles. The van der Waals surface area contributed by atoms with Crippen LogP contribution in [0.1, 0.15) is 116 Å². The Kier molecular flexibility index (Phi) is 15.0. The Balaban J connectivity index is 1.37. The summed E-state index contributed by atoms with van der Waals surface area (Å²) in [4.78, 5) is 0. The van der Waals surface area contributed by atoms with Crippen molar-refractivity contribution in [2.75, 3.05) is 13.2 Å². The third kappa shape index (κ3) is 13.3. The Hall–Kier alpha value is -0.860. The molecule has 178 valence electrons. The van der Waals surface area contributed by atoms with Crippen LogP contribution < -0.4 is 0 Å². The van der Waals surface area contributed by atoms with E-state index in [-0.39, 0.29) is 6.10 Å². The topological polar surface area (TPSA) is 18.5 Å². The van der Waals surface area contributed by atoms with Crippen molar-refractivity contribution in [2.24, 2.45) is 11.8 Å². The van der Waals surface area contributed by atoms with E-state index in [1.165, 1.54) is 89.0 Å². The molecule has 0 spiro atoms. The summed E-state index contributed by atoms with van der Waals surface area (Å²) in [5.74, 6) is 2.16. The Morgan fingerprint density at radius 2 is 1.42 bits per heavy atom. The van der Waals surface area contributed by atoms with Crippen molar-refractivity contribution >= 4 is 0 Å². The van der Waals surface area contributed by atoms with Gasteiger partial charge >= 0.3 is 0 Å². The zero-order valence-electron chi connectivity index (χ0n) is 20.7. The van der Waals surface area contributed by atoms with Crippen molar-refractivity contribution in [3.8, 4) is 0 Å². The summed E-state index contributed by atoms with van der Waals surface area (Å²) in [6, 6.07) is 10.5. The second-order valence-electron chi connectivity index (χ2n) is 9.80. The molecule has 1 fully saturated rings. The molecule has 0 aromatic heterocycles. The molecule has 1 aromatic carbocycles. The number of hydrogen-bond acceptors (Lipinski definition) is 2. The minimum atomic E-state index is 0.226. The predicted molar refractivity (Wildman–Crippen MR) is 133 cm³/mol. The number of unbranched alkanes of at least 4 members (excludes halogenated alkanes) is 8. The molecule has 1 aliphatic carbocycles. The first-order valence-corrected chi connectivity index (χ1v) is 13.6. The van der Waals surface area contributed by atoms with Crippen LogP contribution in [-0.4, -0.2) is 19.3 Å². The monoisotopic (exact) mass is 430 g/mol. The predicted octanol–water partition coefficient (Wildman–Crippen LogP) is 8.73. The number of hydrogen-bond donors (Lipinski definition) is 0. The van der Waals surface area contributed by atoms with Crippen molar-refractivity contribution < 1.29 is 9.47 Å². The van der Waals surface area contributed by atoms with E-state index >= 15 is 0 Å². The second kappa shape index (κ2) is 17.7. The average molecular weight is 431 g/mol. The van der Waals surface area contributed by atoms with Gasteiger partial charge in [-0.05, 0) is 36.7 Å². The van der Waals surface area contributed by atoms with Gasteiger partial charge in [-0.3, -0.25) is 0 Å². The average Bonchev–Trinajstić information content (AvgIpc) is 3.55. The molecular weight excluding hydrogens is 380 g/mol. The van der Waals surface area contributed by atoms with Gasteiger partial charge in [0.15, 0.2) is 0 Å². The smallest absolute Gasteiger partial charge is 0.0812 e. The highest BCUT2D eigenvalue weighted by molar-refractivity contribution is 5.13. The highest BCUT2D eigenvalue weighted by Crippen LogP contribution is 2.45. The molecule has 0 heterocycles. The minimum absolute atomic E-state index is 0.226. The maximum Gasteiger partial charge on any atom is 0.0812 e. The maximum absolute atomic E-state index is 6.08. The van der Waals surface area contributed by atoms with E-state index < -0.39 is 0 Å². The molecular formula is C29H50O2. The van der Waals surface area contributed by atoms with Crippen LogP contribution in [0, 0.1) is 11.8 Å². The van der Waals surface area contributed by atoms with Crippen molar-refractivity contribution in [2.45, 2.75) is 123 Å². The molecule has 2 heteroatoms. The van der Waals surface area contributed by atoms with Crippen molar-refractivity contribution in [3.05, 3.63) is 35.9 Å². The molecule has 1 aromatic rings. The lowest BCUT2D eigenvalue weighted by molar-refractivity contribution is -0.0295. The van der Waals surface area contributed by atoms with Crippen molar-refractivity contribution in [1.82, 2.24) is 0 Å². The van der Waals surface area contributed by atoms with Gasteiger partial charge in [-0.15, -0.1) is 0 Å². The van der Waals surface area contributed by atoms with Crippen LogP contribution in [0.5, 0.6) is 0 Å². The van der Waals surface area contributed by atoms with E-state index in [1.54, 1.807) is 0 Å². The van der Waals surface area contributed by atoms with Crippen LogP contribution >= 0.6 is 0 Å². The summed E-state index contributed by atoms with van der Waals surface area (Å²) in [5, 5.41) is 0. The lowest BCUT2D eigenvalue weighted by atomic mass is 10.0. The molecule has 3 atom stereocenters. The zero-order valence-corrected chi connectivity index (χ0v) is 20.7. The van der Waals surface area contributed by atoms with E-state index in [1.807, 2.05) is 0 Å². The van der Waals surface area contributed by atoms with Gasteiger partial charge in [0.25, 0.3) is 0 Å². The lowest BCUT2D eigenvalue weighted by Gasteiger charge is -2.17. The summed E-state index contributed by atoms with van der Waals surface area (Å²) < 4.78 is 12.0. The Labute approximate surface area is 193 Å². The molecule has 0 amide bonds. The first-order chi connectivity index (χ1) is 15.3. The van der Waals surface area contributed by atoms with Gasteiger partial charge in [0, 0.05) is 6.61 Å². The van der Waals surface area contributed by atoms with Gasteiger partial charge in [-0.1, -0.05) is 121 Å². The Bertz CT molecular complexity index is 515. The van der Waals surface area contributed by atoms with Crippen LogP contribution in [0.25, 0.3) is 0 Å². The van der Waals surface area contributed by atoms with Gasteiger partial charge in [0.2, 0.25) is 0 Å². The van der Waals surface area contributed by atoms with Crippen molar-refractivity contribution in [3.63, 3.8) is 0 Å². The maximum atomic E-state index is 6.08. The highest BCUT2D eigenvalue weighted by Gasteiger charge is 2.34. The van der Waals surface area contributed by atoms with Crippen LogP contribution in [0.2, 0.25) is 0 Å². The zero-order chi connectivity index (χ0) is 22.0. The minimum Gasteiger partial charge on any atom is -0.379 e. The largest absolute Gasteiger partial charge is 0.379 e. The normalized spacial score (nSPS) is 18.9. The fourth-order valence-corrected chi connectivity index (χ4v) is 4.71. The molecule has 0 radical (unpaired) electrons. The van der Waals surface area contributed by atoms with Gasteiger partial charge < -0.3 is 9.47 Å².